The number of carboxylic acid groups (broad SMARTS) is 1. The van der Waals surface area contributed by atoms with E-state index < -0.39 is 5.97 Å². The second-order valence-electron chi connectivity index (χ2n) is 11.0. The first-order chi connectivity index (χ1) is 12.4. The highest BCUT2D eigenvalue weighted by molar-refractivity contribution is 5.66. The van der Waals surface area contributed by atoms with Crippen molar-refractivity contribution in [2.24, 2.45) is 46.3 Å². The fourth-order valence-electron chi connectivity index (χ4n) is 8.82. The summed E-state index contributed by atoms with van der Waals surface area (Å²) in [5.41, 5.74) is 1.12. The van der Waals surface area contributed by atoms with Gasteiger partial charge in [-0.05, 0) is 104 Å². The molecule has 4 aliphatic rings. The molecule has 2 nitrogen and oxygen atoms in total. The third-order valence-electron chi connectivity index (χ3n) is 10.2. The Labute approximate surface area is 167 Å². The molecule has 0 aromatic carbocycles. The van der Waals surface area contributed by atoms with Crippen molar-refractivity contribution in [1.29, 1.82) is 0 Å². The number of rotatable bonds is 4. The van der Waals surface area contributed by atoms with Crippen LogP contribution in [0.25, 0.3) is 0 Å². The smallest absolute Gasteiger partial charge is 0.303 e. The lowest BCUT2D eigenvalue weighted by atomic mass is 9.44. The zero-order valence-corrected chi connectivity index (χ0v) is 17.3. The summed E-state index contributed by atoms with van der Waals surface area (Å²) in [4.78, 5) is 11.0. The summed E-state index contributed by atoms with van der Waals surface area (Å²) in [7, 11) is 0. The van der Waals surface area contributed by atoms with Gasteiger partial charge in [0.1, 0.15) is 0 Å². The predicted octanol–water partition coefficient (Wildman–Crippen LogP) is 7.17. The molecule has 0 aromatic rings. The zero-order valence-electron chi connectivity index (χ0n) is 17.3. The van der Waals surface area contributed by atoms with Gasteiger partial charge < -0.3 is 5.11 Å². The fourth-order valence-corrected chi connectivity index (χ4v) is 8.82. The summed E-state index contributed by atoms with van der Waals surface area (Å²) < 4.78 is 0. The highest BCUT2D eigenvalue weighted by Gasteiger charge is 2.60. The molecule has 8 atom stereocenters. The monoisotopic (exact) mass is 376 g/mol. The van der Waals surface area contributed by atoms with E-state index in [0.717, 1.165) is 36.0 Å². The second kappa shape index (κ2) is 7.71. The molecule has 1 N–H and O–H groups in total. The third-order valence-corrected chi connectivity index (χ3v) is 10.2. The van der Waals surface area contributed by atoms with Gasteiger partial charge in [-0.15, -0.1) is 0 Å². The highest BCUT2D eigenvalue weighted by atomic mass is 16.4. The number of hydrogen-bond donors (Lipinski definition) is 1. The summed E-state index contributed by atoms with van der Waals surface area (Å²) >= 11 is 0. The first-order valence-electron chi connectivity index (χ1n) is 11.6. The van der Waals surface area contributed by atoms with Gasteiger partial charge in [-0.2, -0.15) is 0 Å². The van der Waals surface area contributed by atoms with Gasteiger partial charge in [0.15, 0.2) is 0 Å². The van der Waals surface area contributed by atoms with Gasteiger partial charge >= 0.3 is 5.97 Å². The Morgan fingerprint density at radius 3 is 2.44 bits per heavy atom. The number of aliphatic carboxylic acids is 1. The quantitative estimate of drug-likeness (QED) is 0.564. The van der Waals surface area contributed by atoms with Gasteiger partial charge in [-0.25, -0.2) is 0 Å². The standard InChI is InChI=1S/C24H40O2.CH4/c1-16(7-12-22(25)26)19-10-11-20-18-9-8-17-6-4-5-14-23(17,2)21(18)13-15-24(19,20)3;/h16-21H,4-15H2,1-3H3,(H,25,26);1H4/t16?,17?,18-,19+,20-,21-,23-,24+;/m0./s1. The number of carboxylic acids is 1. The fraction of sp³-hybridized carbons (Fsp3) is 0.960. The summed E-state index contributed by atoms with van der Waals surface area (Å²) in [6.07, 6.45) is 15.7. The van der Waals surface area contributed by atoms with Crippen molar-refractivity contribution < 1.29 is 9.90 Å². The summed E-state index contributed by atoms with van der Waals surface area (Å²) in [6.45, 7) is 7.60. The van der Waals surface area contributed by atoms with E-state index >= 15 is 0 Å². The van der Waals surface area contributed by atoms with Crippen molar-refractivity contribution in [2.75, 3.05) is 0 Å². The molecule has 0 aliphatic heterocycles. The van der Waals surface area contributed by atoms with Crippen molar-refractivity contribution in [2.45, 2.75) is 105 Å². The van der Waals surface area contributed by atoms with Crippen LogP contribution < -0.4 is 0 Å². The molecule has 2 unspecified atom stereocenters. The van der Waals surface area contributed by atoms with Crippen molar-refractivity contribution in [3.05, 3.63) is 0 Å². The zero-order chi connectivity index (χ0) is 18.5. The lowest BCUT2D eigenvalue weighted by Crippen LogP contribution is -2.53. The summed E-state index contributed by atoms with van der Waals surface area (Å²) in [5, 5.41) is 9.09. The number of carbonyl (C=O) groups is 1. The molecular formula is C25H44O2. The largest absolute Gasteiger partial charge is 0.481 e. The summed E-state index contributed by atoms with van der Waals surface area (Å²) in [6, 6.07) is 0. The molecule has 0 spiro atoms. The van der Waals surface area contributed by atoms with Gasteiger partial charge in [0.25, 0.3) is 0 Å². The minimum atomic E-state index is -0.621. The van der Waals surface area contributed by atoms with Crippen LogP contribution in [0.1, 0.15) is 105 Å². The topological polar surface area (TPSA) is 37.3 Å². The Morgan fingerprint density at radius 2 is 1.70 bits per heavy atom. The maximum absolute atomic E-state index is 11.0. The van der Waals surface area contributed by atoms with E-state index in [2.05, 4.69) is 20.8 Å². The molecule has 0 aromatic heterocycles. The van der Waals surface area contributed by atoms with Crippen molar-refractivity contribution in [3.8, 4) is 0 Å². The van der Waals surface area contributed by atoms with Crippen molar-refractivity contribution in [1.82, 2.24) is 0 Å². The number of fused-ring (bicyclic) bond motifs is 5. The molecule has 0 amide bonds. The Hall–Kier alpha value is -0.530. The normalized spacial score (nSPS) is 47.1. The van der Waals surface area contributed by atoms with Gasteiger partial charge in [0.2, 0.25) is 0 Å². The van der Waals surface area contributed by atoms with Crippen LogP contribution >= 0.6 is 0 Å². The Morgan fingerprint density at radius 1 is 0.963 bits per heavy atom. The average molecular weight is 377 g/mol. The van der Waals surface area contributed by atoms with Crippen molar-refractivity contribution in [3.63, 3.8) is 0 Å². The van der Waals surface area contributed by atoms with Crippen LogP contribution in [-0.2, 0) is 4.79 Å². The van der Waals surface area contributed by atoms with Crippen LogP contribution in [0, 0.1) is 46.3 Å². The van der Waals surface area contributed by atoms with Crippen LogP contribution in [0.2, 0.25) is 0 Å². The van der Waals surface area contributed by atoms with E-state index in [1.54, 1.807) is 0 Å². The third kappa shape index (κ3) is 3.38. The Balaban J connectivity index is 0.00000210. The lowest BCUT2D eigenvalue weighted by molar-refractivity contribution is -0.137. The molecule has 2 heteroatoms. The molecule has 156 valence electrons. The van der Waals surface area contributed by atoms with Gasteiger partial charge in [0.05, 0.1) is 0 Å². The van der Waals surface area contributed by atoms with Crippen LogP contribution in [0.3, 0.4) is 0 Å². The van der Waals surface area contributed by atoms with Crippen molar-refractivity contribution >= 4 is 5.97 Å². The highest BCUT2D eigenvalue weighted by Crippen LogP contribution is 2.68. The molecule has 0 radical (unpaired) electrons. The summed E-state index contributed by atoms with van der Waals surface area (Å²) in [5.74, 6) is 4.57. The number of hydrogen-bond acceptors (Lipinski definition) is 1. The van der Waals surface area contributed by atoms with E-state index in [1.165, 1.54) is 64.2 Å². The lowest BCUT2D eigenvalue weighted by Gasteiger charge is -2.61. The van der Waals surface area contributed by atoms with E-state index in [4.69, 9.17) is 5.11 Å². The first kappa shape index (κ1) is 21.2. The van der Waals surface area contributed by atoms with Crippen LogP contribution in [0.4, 0.5) is 0 Å². The molecular weight excluding hydrogens is 332 g/mol. The molecule has 4 fully saturated rings. The Bertz CT molecular complexity index is 542. The molecule has 4 saturated carbocycles. The minimum Gasteiger partial charge on any atom is -0.481 e. The molecule has 4 aliphatic carbocycles. The molecule has 27 heavy (non-hydrogen) atoms. The average Bonchev–Trinajstić information content (AvgIpc) is 2.96. The SMILES string of the molecule is C.CC(CCC(=O)O)[C@H]1CC[C@H]2[C@@H]3CCC4CCCC[C@]4(C)[C@H]3CC[C@]12C. The van der Waals surface area contributed by atoms with Crippen LogP contribution in [-0.4, -0.2) is 11.1 Å². The molecule has 0 saturated heterocycles. The molecule has 4 rings (SSSR count). The van der Waals surface area contributed by atoms with Gasteiger partial charge in [0, 0.05) is 6.42 Å². The van der Waals surface area contributed by atoms with Crippen LogP contribution in [0.5, 0.6) is 0 Å². The Kier molecular flexibility index (Phi) is 6.05. The van der Waals surface area contributed by atoms with Gasteiger partial charge in [-0.1, -0.05) is 41.0 Å². The predicted molar refractivity (Wildman–Crippen MR) is 113 cm³/mol. The maximum atomic E-state index is 11.0. The van der Waals surface area contributed by atoms with E-state index in [-0.39, 0.29) is 7.43 Å². The molecule has 0 bridgehead atoms. The van der Waals surface area contributed by atoms with E-state index in [0.29, 0.717) is 23.2 Å². The molecule has 0 heterocycles. The van der Waals surface area contributed by atoms with Gasteiger partial charge in [-0.3, -0.25) is 4.79 Å². The van der Waals surface area contributed by atoms with Crippen LogP contribution in [0.15, 0.2) is 0 Å². The minimum absolute atomic E-state index is 0. The van der Waals surface area contributed by atoms with E-state index in [9.17, 15) is 4.79 Å². The van der Waals surface area contributed by atoms with E-state index in [1.807, 2.05) is 0 Å². The second-order valence-corrected chi connectivity index (χ2v) is 11.0. The first-order valence-corrected chi connectivity index (χ1v) is 11.6. The maximum Gasteiger partial charge on any atom is 0.303 e.